The fraction of sp³-hybridized carbons (Fsp3) is 0.0556. The molecule has 1 aliphatic rings. The minimum absolute atomic E-state index is 0.359. The first-order chi connectivity index (χ1) is 58.8. The molecule has 4 aromatic heterocycles. The zero-order valence-electron chi connectivity index (χ0n) is 66.4. The third-order valence-electron chi connectivity index (χ3n) is 22.5. The molecular formula is C108H78BClN6O2S2. The maximum absolute atomic E-state index is 6.49. The number of fused-ring (bicyclic) bond motifs is 6. The maximum Gasteiger partial charge on any atom is 0.496 e. The van der Waals surface area contributed by atoms with Gasteiger partial charge in [-0.15, -0.1) is 22.7 Å². The van der Waals surface area contributed by atoms with Crippen LogP contribution in [0.15, 0.2) is 400 Å². The summed E-state index contributed by atoms with van der Waals surface area (Å²) in [5.74, 6) is 3.78. The van der Waals surface area contributed by atoms with Crippen LogP contribution in [-0.4, -0.2) is 48.2 Å². The number of halogens is 1. The van der Waals surface area contributed by atoms with Crippen molar-refractivity contribution in [2.45, 2.75) is 38.9 Å². The molecule has 0 N–H and O–H groups in total. The van der Waals surface area contributed by atoms with E-state index in [-0.39, 0.29) is 18.3 Å². The van der Waals surface area contributed by atoms with Crippen molar-refractivity contribution in [2.24, 2.45) is 0 Å². The Balaban J connectivity index is 0.000000126. The van der Waals surface area contributed by atoms with Crippen LogP contribution in [0.3, 0.4) is 0 Å². The Kier molecular flexibility index (Phi) is 21.2. The summed E-state index contributed by atoms with van der Waals surface area (Å²) in [4.78, 5) is 29.5. The molecule has 0 spiro atoms. The highest BCUT2D eigenvalue weighted by Gasteiger charge is 2.52. The van der Waals surface area contributed by atoms with Crippen LogP contribution in [0.5, 0.6) is 0 Å². The fourth-order valence-corrected chi connectivity index (χ4v) is 18.5. The third kappa shape index (κ3) is 15.8. The number of rotatable bonds is 14. The number of hydrogen-bond donors (Lipinski definition) is 0. The molecule has 0 amide bonds. The van der Waals surface area contributed by atoms with Crippen molar-refractivity contribution in [3.8, 4) is 146 Å². The average Bonchev–Trinajstić information content (AvgIpc) is 1.54. The Bertz CT molecular complexity index is 6940. The molecule has 20 aromatic rings. The average molecular weight is 1600 g/mol. The van der Waals surface area contributed by atoms with Gasteiger partial charge in [-0.3, -0.25) is 0 Å². The Labute approximate surface area is 711 Å². The predicted molar refractivity (Wildman–Crippen MR) is 503 cm³/mol. The van der Waals surface area contributed by atoms with Crippen LogP contribution in [0.4, 0.5) is 0 Å². The molecule has 0 atom stereocenters. The van der Waals surface area contributed by atoms with Gasteiger partial charge in [-0.1, -0.05) is 376 Å². The summed E-state index contributed by atoms with van der Waals surface area (Å²) >= 11 is 10.2. The largest absolute Gasteiger partial charge is 0.496 e. The van der Waals surface area contributed by atoms with Crippen LogP contribution < -0.4 is 5.46 Å². The van der Waals surface area contributed by atoms with E-state index in [4.69, 9.17) is 50.8 Å². The SMILES string of the molecule is CC1(C)OB(c2cccc3c2sc2c(-c4ccc(-c5ccccc5)cc4)cccc23)OC1(C)C.Clc1cc(-c2ccccc2)cc(-c2nc(-c3ccccc3)nc(-c3ccccc3)n2)c1.c1ccc(-c2ccc(-c3cccc4c3sc3c(-c5cc(-c6ccccc6)cc(-c6nc(-c7ccccc7)nc(-c7ccccc7)n6)c5)cccc34)cc2)cc1. The molecule has 120 heavy (non-hydrogen) atoms. The summed E-state index contributed by atoms with van der Waals surface area (Å²) < 4.78 is 17.9. The molecule has 0 bridgehead atoms. The number of thiophene rings is 2. The molecule has 12 heteroatoms. The van der Waals surface area contributed by atoms with Gasteiger partial charge < -0.3 is 9.31 Å². The molecule has 1 fully saturated rings. The normalized spacial score (nSPS) is 12.8. The van der Waals surface area contributed by atoms with E-state index in [1.54, 1.807) is 0 Å². The zero-order valence-corrected chi connectivity index (χ0v) is 68.8. The van der Waals surface area contributed by atoms with Crippen LogP contribution in [0.25, 0.3) is 187 Å². The van der Waals surface area contributed by atoms with E-state index in [0.29, 0.717) is 40.0 Å². The van der Waals surface area contributed by atoms with Crippen molar-refractivity contribution >= 4 is 87.2 Å². The lowest BCUT2D eigenvalue weighted by atomic mass is 9.78. The second kappa shape index (κ2) is 33.3. The first-order valence-corrected chi connectivity index (χ1v) is 42.2. The van der Waals surface area contributed by atoms with Gasteiger partial charge in [0.2, 0.25) is 0 Å². The number of hydrogen-bond acceptors (Lipinski definition) is 10. The highest BCUT2D eigenvalue weighted by Crippen LogP contribution is 2.47. The molecule has 574 valence electrons. The molecular weight excluding hydrogens is 1520 g/mol. The van der Waals surface area contributed by atoms with Crippen LogP contribution in [0, 0.1) is 0 Å². The Morgan fingerprint density at radius 1 is 0.217 bits per heavy atom. The van der Waals surface area contributed by atoms with Crippen molar-refractivity contribution < 1.29 is 9.31 Å². The molecule has 0 radical (unpaired) electrons. The third-order valence-corrected chi connectivity index (χ3v) is 25.3. The molecule has 1 saturated heterocycles. The summed E-state index contributed by atoms with van der Waals surface area (Å²) in [6.45, 7) is 8.43. The van der Waals surface area contributed by atoms with Crippen LogP contribution >= 0.6 is 34.3 Å². The summed E-state index contributed by atoms with van der Waals surface area (Å²) in [6.07, 6.45) is 0. The maximum atomic E-state index is 6.49. The van der Waals surface area contributed by atoms with Crippen molar-refractivity contribution in [1.29, 1.82) is 0 Å². The van der Waals surface area contributed by atoms with Crippen molar-refractivity contribution in [3.63, 3.8) is 0 Å². The molecule has 0 unspecified atom stereocenters. The lowest BCUT2D eigenvalue weighted by Crippen LogP contribution is -2.41. The highest BCUT2D eigenvalue weighted by molar-refractivity contribution is 7.27. The molecule has 0 aliphatic carbocycles. The molecule has 16 aromatic carbocycles. The molecule has 8 nitrogen and oxygen atoms in total. The zero-order chi connectivity index (χ0) is 81.1. The molecule has 21 rings (SSSR count). The van der Waals surface area contributed by atoms with Gasteiger partial charge in [0.25, 0.3) is 0 Å². The summed E-state index contributed by atoms with van der Waals surface area (Å²) in [6, 6.07) is 139. The summed E-state index contributed by atoms with van der Waals surface area (Å²) in [7, 11) is -0.365. The van der Waals surface area contributed by atoms with Gasteiger partial charge in [-0.05, 0) is 147 Å². The number of nitrogens with zero attached hydrogens (tertiary/aromatic N) is 6. The van der Waals surface area contributed by atoms with Gasteiger partial charge in [0.15, 0.2) is 34.9 Å². The van der Waals surface area contributed by atoms with Gasteiger partial charge >= 0.3 is 7.12 Å². The summed E-state index contributed by atoms with van der Waals surface area (Å²) in [5.41, 5.74) is 22.5. The molecule has 0 saturated carbocycles. The van der Waals surface area contributed by atoms with Crippen molar-refractivity contribution in [2.75, 3.05) is 0 Å². The summed E-state index contributed by atoms with van der Waals surface area (Å²) in [5, 5.41) is 5.70. The topological polar surface area (TPSA) is 95.8 Å². The van der Waals surface area contributed by atoms with Crippen LogP contribution in [0.2, 0.25) is 5.02 Å². The Morgan fingerprint density at radius 2 is 0.450 bits per heavy atom. The van der Waals surface area contributed by atoms with E-state index in [0.717, 1.165) is 66.7 Å². The van der Waals surface area contributed by atoms with Crippen molar-refractivity contribution in [1.82, 2.24) is 29.9 Å². The van der Waals surface area contributed by atoms with Gasteiger partial charge in [0.05, 0.1) is 11.2 Å². The second-order valence-corrected chi connectivity index (χ2v) is 33.3. The highest BCUT2D eigenvalue weighted by atomic mass is 35.5. The quantitative estimate of drug-likeness (QED) is 0.0994. The molecule has 1 aliphatic heterocycles. The predicted octanol–water partition coefficient (Wildman–Crippen LogP) is 28.8. The smallest absolute Gasteiger partial charge is 0.399 e. The monoisotopic (exact) mass is 1600 g/mol. The van der Waals surface area contributed by atoms with E-state index >= 15 is 0 Å². The minimum Gasteiger partial charge on any atom is -0.399 e. The van der Waals surface area contributed by atoms with E-state index in [2.05, 4.69) is 276 Å². The Morgan fingerprint density at radius 3 is 0.800 bits per heavy atom. The number of aromatic nitrogens is 6. The fourth-order valence-electron chi connectivity index (χ4n) is 15.5. The van der Waals surface area contributed by atoms with Crippen LogP contribution in [0.1, 0.15) is 27.7 Å². The van der Waals surface area contributed by atoms with Crippen molar-refractivity contribution in [3.05, 3.63) is 405 Å². The van der Waals surface area contributed by atoms with Gasteiger partial charge in [0, 0.05) is 78.8 Å². The second-order valence-electron chi connectivity index (χ2n) is 30.8. The Hall–Kier alpha value is -13.7. The van der Waals surface area contributed by atoms with Gasteiger partial charge in [-0.2, -0.15) is 0 Å². The van der Waals surface area contributed by atoms with E-state index in [1.165, 1.54) is 90.4 Å². The lowest BCUT2D eigenvalue weighted by Gasteiger charge is -2.32. The van der Waals surface area contributed by atoms with E-state index in [9.17, 15) is 0 Å². The standard InChI is InChI=1S/C51H33N3S.C30H27BO2S.C27H18ClN3/c1-5-15-34(16-6-1)36-27-29-37(30-28-36)43-23-13-25-45-46-26-14-24-44(48(46)55-47(43)45)41-31-40(35-17-7-2-8-18-35)32-42(33-41)51-53-49(38-19-9-3-10-20-38)52-50(54-51)39-21-11-4-12-22-39;1-29(2)30(3,4)33-31(32-29)26-15-9-14-25-24-13-8-12-23(27(24)34-28(25)26)22-18-16-21(17-19-22)20-10-6-5-7-11-20;28-24-17-22(19-10-4-1-5-11-19)16-23(18-24)27-30-25(20-12-6-2-7-13-20)29-26(31-27)21-14-8-3-9-15-21/h1-33H;5-19H,1-4H3;1-18H. The molecule has 5 heterocycles. The van der Waals surface area contributed by atoms with Crippen LogP contribution in [-0.2, 0) is 9.31 Å². The lowest BCUT2D eigenvalue weighted by molar-refractivity contribution is 0.00578. The van der Waals surface area contributed by atoms with Gasteiger partial charge in [0.1, 0.15) is 0 Å². The minimum atomic E-state index is -0.365. The van der Waals surface area contributed by atoms with E-state index in [1.807, 2.05) is 174 Å². The van der Waals surface area contributed by atoms with E-state index < -0.39 is 0 Å². The first-order valence-electron chi connectivity index (χ1n) is 40.2. The van der Waals surface area contributed by atoms with Gasteiger partial charge in [-0.25, -0.2) is 29.9 Å². The number of benzene rings is 16. The first kappa shape index (κ1) is 76.2.